The van der Waals surface area contributed by atoms with Crippen molar-refractivity contribution >= 4 is 30.4 Å². The molecule has 1 aromatic rings. The minimum absolute atomic E-state index is 0.312. The van der Waals surface area contributed by atoms with Gasteiger partial charge in [0.2, 0.25) is 0 Å². The third-order valence-electron chi connectivity index (χ3n) is 4.05. The minimum atomic E-state index is -0.936. The van der Waals surface area contributed by atoms with Crippen LogP contribution >= 0.6 is 24.4 Å². The van der Waals surface area contributed by atoms with Crippen LogP contribution in [-0.2, 0) is 4.79 Å². The molecule has 142 valence electrons. The van der Waals surface area contributed by atoms with Crippen molar-refractivity contribution in [1.82, 2.24) is 5.32 Å². The van der Waals surface area contributed by atoms with Gasteiger partial charge in [-0.05, 0) is 30.9 Å². The van der Waals surface area contributed by atoms with E-state index in [0.29, 0.717) is 12.2 Å². The van der Waals surface area contributed by atoms with Gasteiger partial charge in [-0.25, -0.2) is 4.79 Å². The highest BCUT2D eigenvalue weighted by molar-refractivity contribution is 8.03. The van der Waals surface area contributed by atoms with Crippen LogP contribution in [0.1, 0.15) is 6.92 Å². The number of allylic oxidation sites excluding steroid dienone is 6. The van der Waals surface area contributed by atoms with Crippen LogP contribution in [0.5, 0.6) is 5.75 Å². The number of carbonyl (C=O) groups is 1. The Bertz CT molecular complexity index is 838. The maximum absolute atomic E-state index is 11.8. The number of nitrogens with one attached hydrogen (secondary N) is 1. The molecule has 0 aliphatic carbocycles. The van der Waals surface area contributed by atoms with Crippen LogP contribution in [0.25, 0.3) is 0 Å². The monoisotopic (exact) mass is 401 g/mol. The Balaban J connectivity index is 0.00000126. The van der Waals surface area contributed by atoms with Crippen molar-refractivity contribution in [2.45, 2.75) is 11.8 Å². The molecule has 0 aromatic heterocycles. The Morgan fingerprint density at radius 2 is 2.15 bits per heavy atom. The summed E-state index contributed by atoms with van der Waals surface area (Å²) < 4.78 is 5.88. The molecule has 2 heterocycles. The van der Waals surface area contributed by atoms with Crippen molar-refractivity contribution in [2.24, 2.45) is 5.92 Å². The number of carboxylic acid groups (broad SMARTS) is 1. The molecule has 6 heteroatoms. The van der Waals surface area contributed by atoms with Crippen molar-refractivity contribution in [3.8, 4) is 5.75 Å². The van der Waals surface area contributed by atoms with E-state index in [-0.39, 0.29) is 5.92 Å². The molecule has 0 saturated heterocycles. The van der Waals surface area contributed by atoms with Gasteiger partial charge in [0, 0.05) is 11.1 Å². The molecule has 1 unspecified atom stereocenters. The highest BCUT2D eigenvalue weighted by atomic mass is 32.2. The zero-order valence-electron chi connectivity index (χ0n) is 15.3. The van der Waals surface area contributed by atoms with E-state index in [4.69, 9.17) is 4.74 Å². The topological polar surface area (TPSA) is 58.6 Å². The summed E-state index contributed by atoms with van der Waals surface area (Å²) in [6.07, 6.45) is 10.6. The first-order valence-electron chi connectivity index (χ1n) is 8.38. The summed E-state index contributed by atoms with van der Waals surface area (Å²) >= 11 is 5.08. The standard InChI is InChI=1S/C20H19NO3S.CH4S/c1-3-5-8-13(4-2)18-14(20(22)23)11-21-15-12-24-16-9-6-7-10-17(16)25-19(15)18;1-2/h3-11,18,21H,1,12H2,2H3,(H,22,23);2H,1H3/b8-5-,13-4+;. The van der Waals surface area contributed by atoms with E-state index >= 15 is 0 Å². The molecule has 4 nitrogen and oxygen atoms in total. The Labute approximate surface area is 169 Å². The molecule has 1 aromatic carbocycles. The van der Waals surface area contributed by atoms with Crippen LogP contribution in [0.3, 0.4) is 0 Å². The van der Waals surface area contributed by atoms with E-state index in [2.05, 4.69) is 24.5 Å². The van der Waals surface area contributed by atoms with E-state index in [0.717, 1.165) is 26.8 Å². The van der Waals surface area contributed by atoms with Gasteiger partial charge in [-0.15, -0.1) is 0 Å². The Kier molecular flexibility index (Phi) is 7.88. The lowest BCUT2D eigenvalue weighted by molar-refractivity contribution is -0.133. The van der Waals surface area contributed by atoms with Gasteiger partial charge >= 0.3 is 5.97 Å². The lowest BCUT2D eigenvalue weighted by Gasteiger charge is -2.28. The number of dihydropyridines is 1. The summed E-state index contributed by atoms with van der Waals surface area (Å²) in [4.78, 5) is 13.8. The van der Waals surface area contributed by atoms with Gasteiger partial charge in [-0.3, -0.25) is 0 Å². The third kappa shape index (κ3) is 4.70. The first-order chi connectivity index (χ1) is 13.2. The minimum Gasteiger partial charge on any atom is -0.486 e. The molecular weight excluding hydrogens is 378 g/mol. The van der Waals surface area contributed by atoms with E-state index in [1.807, 2.05) is 49.4 Å². The lowest BCUT2D eigenvalue weighted by Crippen LogP contribution is -2.28. The van der Waals surface area contributed by atoms with Crippen molar-refractivity contribution in [3.63, 3.8) is 0 Å². The summed E-state index contributed by atoms with van der Waals surface area (Å²) in [5.74, 6) is -0.479. The first-order valence-corrected chi connectivity index (χ1v) is 10.1. The number of thioether (sulfide) groups is 1. The second-order valence-corrected chi connectivity index (χ2v) is 6.63. The molecule has 0 spiro atoms. The first kappa shape index (κ1) is 21.0. The molecule has 27 heavy (non-hydrogen) atoms. The van der Waals surface area contributed by atoms with Crippen LogP contribution in [0, 0.1) is 5.92 Å². The van der Waals surface area contributed by atoms with Crippen LogP contribution in [0.4, 0.5) is 0 Å². The SMILES string of the molecule is C=C/C=C\C(=C/C)C1C(C(=O)O)=CNC2=C1Sc1ccccc1OC2.CS. The Morgan fingerprint density at radius 1 is 1.41 bits per heavy atom. The molecule has 1 atom stereocenters. The molecule has 0 fully saturated rings. The molecule has 0 saturated carbocycles. The average molecular weight is 402 g/mol. The highest BCUT2D eigenvalue weighted by Gasteiger charge is 2.34. The lowest BCUT2D eigenvalue weighted by atomic mass is 9.87. The van der Waals surface area contributed by atoms with Gasteiger partial charge in [0.15, 0.2) is 0 Å². The number of para-hydroxylation sites is 1. The van der Waals surface area contributed by atoms with Crippen molar-refractivity contribution in [2.75, 3.05) is 12.9 Å². The summed E-state index contributed by atoms with van der Waals surface area (Å²) in [6, 6.07) is 7.80. The molecule has 0 radical (unpaired) electrons. The Hall–Kier alpha value is -2.31. The molecular formula is C21H23NO3S2. The molecule has 0 bridgehead atoms. The fourth-order valence-corrected chi connectivity index (χ4v) is 4.08. The zero-order chi connectivity index (χ0) is 19.8. The van der Waals surface area contributed by atoms with Gasteiger partial charge in [-0.2, -0.15) is 12.6 Å². The molecule has 2 aliphatic heterocycles. The highest BCUT2D eigenvalue weighted by Crippen LogP contribution is 2.47. The van der Waals surface area contributed by atoms with Gasteiger partial charge in [0.1, 0.15) is 12.4 Å². The number of benzene rings is 1. The molecule has 3 rings (SSSR count). The van der Waals surface area contributed by atoms with E-state index < -0.39 is 5.97 Å². The summed E-state index contributed by atoms with van der Waals surface area (Å²) in [5, 5.41) is 12.8. The van der Waals surface area contributed by atoms with Crippen LogP contribution < -0.4 is 10.1 Å². The zero-order valence-corrected chi connectivity index (χ0v) is 17.0. The van der Waals surface area contributed by atoms with Crippen molar-refractivity contribution in [1.29, 1.82) is 0 Å². The quantitative estimate of drug-likeness (QED) is 0.499. The van der Waals surface area contributed by atoms with Gasteiger partial charge < -0.3 is 15.2 Å². The smallest absolute Gasteiger partial charge is 0.334 e. The van der Waals surface area contributed by atoms with Gasteiger partial charge in [-0.1, -0.05) is 54.8 Å². The largest absolute Gasteiger partial charge is 0.486 e. The summed E-state index contributed by atoms with van der Waals surface area (Å²) in [5.41, 5.74) is 2.12. The number of aliphatic carboxylic acids is 1. The maximum atomic E-state index is 11.8. The number of carboxylic acids is 1. The number of ether oxygens (including phenoxy) is 1. The van der Waals surface area contributed by atoms with E-state index in [1.54, 1.807) is 30.3 Å². The Morgan fingerprint density at radius 3 is 2.81 bits per heavy atom. The van der Waals surface area contributed by atoms with E-state index in [1.165, 1.54) is 0 Å². The van der Waals surface area contributed by atoms with Crippen LogP contribution in [0.2, 0.25) is 0 Å². The van der Waals surface area contributed by atoms with Gasteiger partial charge in [0.05, 0.1) is 22.1 Å². The number of fused-ring (bicyclic) bond motifs is 1. The predicted octanol–water partition coefficient (Wildman–Crippen LogP) is 4.81. The fraction of sp³-hybridized carbons (Fsp3) is 0.190. The number of thiol groups is 1. The molecule has 2 N–H and O–H groups in total. The van der Waals surface area contributed by atoms with Crippen molar-refractivity contribution in [3.05, 3.63) is 83.1 Å². The number of hydrogen-bond acceptors (Lipinski definition) is 5. The predicted molar refractivity (Wildman–Crippen MR) is 115 cm³/mol. The molecule has 2 aliphatic rings. The summed E-state index contributed by atoms with van der Waals surface area (Å²) in [7, 11) is 0. The number of hydrogen-bond donors (Lipinski definition) is 3. The normalized spacial score (nSPS) is 18.7. The number of rotatable bonds is 4. The van der Waals surface area contributed by atoms with Crippen LogP contribution in [0.15, 0.2) is 88.0 Å². The third-order valence-corrected chi connectivity index (χ3v) is 5.31. The average Bonchev–Trinajstić information content (AvgIpc) is 2.89. The maximum Gasteiger partial charge on any atom is 0.334 e. The van der Waals surface area contributed by atoms with Crippen molar-refractivity contribution < 1.29 is 14.6 Å². The van der Waals surface area contributed by atoms with Gasteiger partial charge in [0.25, 0.3) is 0 Å². The second-order valence-electron chi connectivity index (χ2n) is 5.55. The van der Waals surface area contributed by atoms with Crippen LogP contribution in [-0.4, -0.2) is 23.9 Å². The summed E-state index contributed by atoms with van der Waals surface area (Å²) in [6.45, 7) is 5.99. The molecule has 0 amide bonds. The second kappa shape index (κ2) is 10.1. The van der Waals surface area contributed by atoms with E-state index in [9.17, 15) is 9.90 Å². The fourth-order valence-electron chi connectivity index (χ4n) is 2.84.